The molecule has 0 bridgehead atoms. The van der Waals surface area contributed by atoms with E-state index < -0.39 is 17.6 Å². The Balaban J connectivity index is 1.58. The van der Waals surface area contributed by atoms with Crippen molar-refractivity contribution in [1.82, 2.24) is 9.88 Å². The third-order valence-electron chi connectivity index (χ3n) is 4.60. The van der Waals surface area contributed by atoms with Crippen LogP contribution in [0.15, 0.2) is 53.9 Å². The molecule has 10 heteroatoms. The average Bonchev–Trinajstić information content (AvgIpc) is 3.20. The molecule has 3 rings (SSSR count). The zero-order valence-electron chi connectivity index (χ0n) is 18.1. The number of hydrogen-bond donors (Lipinski definition) is 2. The predicted molar refractivity (Wildman–Crippen MR) is 122 cm³/mol. The minimum absolute atomic E-state index is 0.0270. The lowest BCUT2D eigenvalue weighted by molar-refractivity contribution is -0.137. The molecule has 174 valence electrons. The van der Waals surface area contributed by atoms with Crippen LogP contribution in [0.4, 0.5) is 24.5 Å². The van der Waals surface area contributed by atoms with Crippen molar-refractivity contribution in [3.63, 3.8) is 0 Å². The van der Waals surface area contributed by atoms with Gasteiger partial charge in [-0.2, -0.15) is 13.2 Å². The molecule has 2 N–H and O–H groups in total. The summed E-state index contributed by atoms with van der Waals surface area (Å²) < 4.78 is 38.6. The number of carbonyl (C=O) groups excluding carboxylic acids is 2. The van der Waals surface area contributed by atoms with Crippen molar-refractivity contribution in [3.05, 3.63) is 75.7 Å². The van der Waals surface area contributed by atoms with E-state index in [9.17, 15) is 22.8 Å². The van der Waals surface area contributed by atoms with E-state index in [0.29, 0.717) is 12.2 Å². The number of benzene rings is 2. The van der Waals surface area contributed by atoms with Crippen LogP contribution in [-0.2, 0) is 23.9 Å². The maximum atomic E-state index is 12.9. The number of hydrogen-bond acceptors (Lipinski definition) is 5. The zero-order valence-corrected chi connectivity index (χ0v) is 18.9. The first-order valence-corrected chi connectivity index (χ1v) is 11.0. The fourth-order valence-electron chi connectivity index (χ4n) is 3.08. The second kappa shape index (κ2) is 10.6. The molecule has 0 spiro atoms. The van der Waals surface area contributed by atoms with E-state index >= 15 is 0 Å². The average molecular weight is 477 g/mol. The summed E-state index contributed by atoms with van der Waals surface area (Å²) in [5.74, 6) is -0.850. The SMILES string of the molecule is CCc1nc(CN(C)CC(=O)Nc2cccc(C(=O)Nc3cccc(C(F)(F)F)c3)c2)cs1. The first-order chi connectivity index (χ1) is 15.6. The van der Waals surface area contributed by atoms with Crippen molar-refractivity contribution in [2.45, 2.75) is 26.1 Å². The molecule has 0 atom stereocenters. The van der Waals surface area contributed by atoms with E-state index in [1.165, 1.54) is 24.3 Å². The molecular formula is C23H23F3N4O2S. The van der Waals surface area contributed by atoms with Gasteiger partial charge in [0.05, 0.1) is 22.8 Å². The molecule has 33 heavy (non-hydrogen) atoms. The van der Waals surface area contributed by atoms with Crippen LogP contribution in [-0.4, -0.2) is 35.3 Å². The number of likely N-dealkylation sites (N-methyl/N-ethyl adjacent to an activating group) is 1. The predicted octanol–water partition coefficient (Wildman–Crippen LogP) is 5.05. The van der Waals surface area contributed by atoms with Crippen molar-refractivity contribution in [2.75, 3.05) is 24.2 Å². The molecular weight excluding hydrogens is 453 g/mol. The number of thiazole rings is 1. The molecule has 0 aliphatic rings. The van der Waals surface area contributed by atoms with E-state index in [1.54, 1.807) is 23.5 Å². The number of nitrogens with one attached hydrogen (secondary N) is 2. The maximum absolute atomic E-state index is 12.9. The molecule has 0 aliphatic heterocycles. The Labute approximate surface area is 193 Å². The first-order valence-electron chi connectivity index (χ1n) is 10.1. The standard InChI is InChI=1S/C23H23F3N4O2S/c1-3-21-28-19(14-33-21)12-30(2)13-20(31)27-17-8-4-6-15(10-17)22(32)29-18-9-5-7-16(11-18)23(24,25)26/h4-11,14H,3,12-13H2,1-2H3,(H,27,31)(H,29,32). The van der Waals surface area contributed by atoms with E-state index in [2.05, 4.69) is 15.6 Å². The van der Waals surface area contributed by atoms with Crippen LogP contribution >= 0.6 is 11.3 Å². The van der Waals surface area contributed by atoms with Crippen LogP contribution in [0.5, 0.6) is 0 Å². The van der Waals surface area contributed by atoms with E-state index in [4.69, 9.17) is 0 Å². The highest BCUT2D eigenvalue weighted by atomic mass is 32.1. The summed E-state index contributed by atoms with van der Waals surface area (Å²) in [6.45, 7) is 2.69. The van der Waals surface area contributed by atoms with Gasteiger partial charge in [-0.1, -0.05) is 19.1 Å². The van der Waals surface area contributed by atoms with Gasteiger partial charge in [-0.3, -0.25) is 14.5 Å². The van der Waals surface area contributed by atoms with E-state index in [-0.39, 0.29) is 23.7 Å². The number of amides is 2. The number of carbonyl (C=O) groups is 2. The van der Waals surface area contributed by atoms with Crippen molar-refractivity contribution in [1.29, 1.82) is 0 Å². The molecule has 3 aromatic rings. The van der Waals surface area contributed by atoms with Gasteiger partial charge >= 0.3 is 6.18 Å². The van der Waals surface area contributed by atoms with Crippen molar-refractivity contribution < 1.29 is 22.8 Å². The van der Waals surface area contributed by atoms with Crippen LogP contribution in [0, 0.1) is 0 Å². The maximum Gasteiger partial charge on any atom is 0.416 e. The summed E-state index contributed by atoms with van der Waals surface area (Å²) in [7, 11) is 1.81. The molecule has 0 aliphatic carbocycles. The Hall–Kier alpha value is -3.24. The van der Waals surface area contributed by atoms with Gasteiger partial charge in [-0.05, 0) is 49.9 Å². The van der Waals surface area contributed by atoms with Crippen molar-refractivity contribution in [2.24, 2.45) is 0 Å². The molecule has 1 aromatic heterocycles. The fraction of sp³-hybridized carbons (Fsp3) is 0.261. The number of aryl methyl sites for hydroxylation is 1. The molecule has 1 heterocycles. The lowest BCUT2D eigenvalue weighted by Crippen LogP contribution is -2.30. The number of nitrogens with zero attached hydrogens (tertiary/aromatic N) is 2. The Bertz CT molecular complexity index is 1130. The monoisotopic (exact) mass is 476 g/mol. The van der Waals surface area contributed by atoms with Crippen LogP contribution in [0.2, 0.25) is 0 Å². The largest absolute Gasteiger partial charge is 0.416 e. The fourth-order valence-corrected chi connectivity index (χ4v) is 3.81. The molecule has 6 nitrogen and oxygen atoms in total. The molecule has 0 fully saturated rings. The second-order valence-electron chi connectivity index (χ2n) is 7.42. The molecule has 2 amide bonds. The van der Waals surface area contributed by atoms with Crippen LogP contribution in [0.25, 0.3) is 0 Å². The van der Waals surface area contributed by atoms with E-state index in [0.717, 1.165) is 29.3 Å². The molecule has 2 aromatic carbocycles. The smallest absolute Gasteiger partial charge is 0.325 e. The summed E-state index contributed by atoms with van der Waals surface area (Å²) in [5.41, 5.74) is 0.689. The summed E-state index contributed by atoms with van der Waals surface area (Å²) in [4.78, 5) is 31.2. The van der Waals surface area contributed by atoms with Gasteiger partial charge in [0.15, 0.2) is 0 Å². The van der Waals surface area contributed by atoms with Gasteiger partial charge < -0.3 is 10.6 Å². The summed E-state index contributed by atoms with van der Waals surface area (Å²) in [6, 6.07) is 10.6. The molecule has 0 unspecified atom stereocenters. The highest BCUT2D eigenvalue weighted by Crippen LogP contribution is 2.30. The normalized spacial score (nSPS) is 11.5. The van der Waals surface area contributed by atoms with Crippen LogP contribution in [0.3, 0.4) is 0 Å². The minimum atomic E-state index is -4.50. The molecule has 0 saturated carbocycles. The van der Waals surface area contributed by atoms with Gasteiger partial charge in [0.25, 0.3) is 5.91 Å². The number of alkyl halides is 3. The molecule has 0 radical (unpaired) electrons. The lowest BCUT2D eigenvalue weighted by atomic mass is 10.1. The topological polar surface area (TPSA) is 74.3 Å². The Morgan fingerprint density at radius 2 is 1.76 bits per heavy atom. The number of anilines is 2. The van der Waals surface area contributed by atoms with Crippen LogP contribution < -0.4 is 10.6 Å². The van der Waals surface area contributed by atoms with Gasteiger partial charge in [-0.25, -0.2) is 4.98 Å². The zero-order chi connectivity index (χ0) is 24.0. The van der Waals surface area contributed by atoms with Crippen LogP contribution in [0.1, 0.15) is 33.5 Å². The number of aromatic nitrogens is 1. The van der Waals surface area contributed by atoms with Crippen molar-refractivity contribution >= 4 is 34.5 Å². The highest BCUT2D eigenvalue weighted by molar-refractivity contribution is 7.09. The quantitative estimate of drug-likeness (QED) is 0.477. The number of halogens is 3. The summed E-state index contributed by atoms with van der Waals surface area (Å²) in [5, 5.41) is 8.20. The third kappa shape index (κ3) is 7.13. The van der Waals surface area contributed by atoms with Gasteiger partial charge in [-0.15, -0.1) is 11.3 Å². The van der Waals surface area contributed by atoms with Gasteiger partial charge in [0, 0.05) is 28.9 Å². The van der Waals surface area contributed by atoms with E-state index in [1.807, 2.05) is 24.3 Å². The van der Waals surface area contributed by atoms with Gasteiger partial charge in [0.1, 0.15) is 0 Å². The first kappa shape index (κ1) is 24.4. The number of rotatable bonds is 8. The Kier molecular flexibility index (Phi) is 7.83. The lowest BCUT2D eigenvalue weighted by Gasteiger charge is -2.15. The summed E-state index contributed by atoms with van der Waals surface area (Å²) in [6.07, 6.45) is -3.64. The Morgan fingerprint density at radius 1 is 1.06 bits per heavy atom. The highest BCUT2D eigenvalue weighted by Gasteiger charge is 2.30. The minimum Gasteiger partial charge on any atom is -0.325 e. The van der Waals surface area contributed by atoms with Crippen molar-refractivity contribution in [3.8, 4) is 0 Å². The Morgan fingerprint density at radius 3 is 2.42 bits per heavy atom. The third-order valence-corrected chi connectivity index (χ3v) is 5.65. The van der Waals surface area contributed by atoms with Gasteiger partial charge in [0.2, 0.25) is 5.91 Å². The molecule has 0 saturated heterocycles. The second-order valence-corrected chi connectivity index (χ2v) is 8.36. The summed E-state index contributed by atoms with van der Waals surface area (Å²) >= 11 is 1.59.